The molecule has 2 rings (SSSR count). The van der Waals surface area contributed by atoms with Crippen molar-refractivity contribution >= 4 is 17.6 Å². The normalized spacial score (nSPS) is 11.6. The zero-order valence-electron chi connectivity index (χ0n) is 14.0. The molecule has 2 aromatic carbocycles. The van der Waals surface area contributed by atoms with Crippen molar-refractivity contribution in [1.29, 1.82) is 0 Å². The third-order valence-electron chi connectivity index (χ3n) is 3.64. The standard InChI is InChI=1S/C19H21FN2O3/c1-25-17(23)8-5-13-21-18(14-6-3-2-4-7-14)19(24)22-16-11-9-15(20)10-12-16/h2-4,6-7,9-12,18,21H,5,8,13H2,1H3,(H,22,24)/t18-/m1/s1. The van der Waals surface area contributed by atoms with Crippen LogP contribution in [0.3, 0.4) is 0 Å². The first-order valence-corrected chi connectivity index (χ1v) is 8.01. The molecular weight excluding hydrogens is 323 g/mol. The number of hydrogen-bond donors (Lipinski definition) is 2. The maximum atomic E-state index is 13.0. The molecule has 0 saturated heterocycles. The predicted octanol–water partition coefficient (Wildman–Crippen LogP) is 3.05. The molecule has 0 heterocycles. The van der Waals surface area contributed by atoms with Crippen molar-refractivity contribution in [2.24, 2.45) is 0 Å². The second-order valence-electron chi connectivity index (χ2n) is 5.47. The van der Waals surface area contributed by atoms with Crippen LogP contribution in [-0.2, 0) is 14.3 Å². The van der Waals surface area contributed by atoms with Gasteiger partial charge in [-0.05, 0) is 42.8 Å². The number of nitrogens with one attached hydrogen (secondary N) is 2. The van der Waals surface area contributed by atoms with Crippen LogP contribution in [0.25, 0.3) is 0 Å². The van der Waals surface area contributed by atoms with Gasteiger partial charge < -0.3 is 15.4 Å². The summed E-state index contributed by atoms with van der Waals surface area (Å²) < 4.78 is 17.6. The van der Waals surface area contributed by atoms with Gasteiger partial charge in [-0.25, -0.2) is 4.39 Å². The Kier molecular flexibility index (Phi) is 7.10. The van der Waals surface area contributed by atoms with Crippen LogP contribution in [0, 0.1) is 5.82 Å². The first-order chi connectivity index (χ1) is 12.1. The second-order valence-corrected chi connectivity index (χ2v) is 5.47. The number of hydrogen-bond acceptors (Lipinski definition) is 4. The SMILES string of the molecule is COC(=O)CCCN[C@@H](C(=O)Nc1ccc(F)cc1)c1ccccc1. The molecule has 0 aromatic heterocycles. The Morgan fingerprint density at radius 2 is 1.76 bits per heavy atom. The molecule has 6 heteroatoms. The molecule has 2 N–H and O–H groups in total. The number of methoxy groups -OCH3 is 1. The summed E-state index contributed by atoms with van der Waals surface area (Å²) >= 11 is 0. The summed E-state index contributed by atoms with van der Waals surface area (Å²) in [6.45, 7) is 0.478. The summed E-state index contributed by atoms with van der Waals surface area (Å²) in [5, 5.41) is 5.92. The summed E-state index contributed by atoms with van der Waals surface area (Å²) in [5.74, 6) is -0.900. The lowest BCUT2D eigenvalue weighted by Crippen LogP contribution is -2.33. The van der Waals surface area contributed by atoms with E-state index in [2.05, 4.69) is 15.4 Å². The smallest absolute Gasteiger partial charge is 0.305 e. The van der Waals surface area contributed by atoms with Crippen LogP contribution >= 0.6 is 0 Å². The van der Waals surface area contributed by atoms with E-state index in [1.54, 1.807) is 0 Å². The van der Waals surface area contributed by atoms with Gasteiger partial charge in [0.25, 0.3) is 0 Å². The van der Waals surface area contributed by atoms with Crippen molar-refractivity contribution in [3.05, 3.63) is 66.0 Å². The molecule has 0 radical (unpaired) electrons. The maximum absolute atomic E-state index is 13.0. The molecule has 0 aliphatic rings. The number of rotatable bonds is 8. The van der Waals surface area contributed by atoms with Gasteiger partial charge in [-0.3, -0.25) is 9.59 Å². The zero-order valence-corrected chi connectivity index (χ0v) is 14.0. The van der Waals surface area contributed by atoms with Crippen LogP contribution in [0.1, 0.15) is 24.4 Å². The topological polar surface area (TPSA) is 67.4 Å². The van der Waals surface area contributed by atoms with Gasteiger partial charge in [0.2, 0.25) is 5.91 Å². The van der Waals surface area contributed by atoms with E-state index >= 15 is 0 Å². The highest BCUT2D eigenvalue weighted by Crippen LogP contribution is 2.16. The number of halogens is 1. The van der Waals surface area contributed by atoms with Crippen molar-refractivity contribution in [1.82, 2.24) is 5.32 Å². The first-order valence-electron chi connectivity index (χ1n) is 8.01. The van der Waals surface area contributed by atoms with Gasteiger partial charge in [0, 0.05) is 12.1 Å². The molecule has 1 amide bonds. The molecular formula is C19H21FN2O3. The Morgan fingerprint density at radius 3 is 2.40 bits per heavy atom. The molecule has 0 aliphatic heterocycles. The van der Waals surface area contributed by atoms with E-state index in [0.717, 1.165) is 5.56 Å². The monoisotopic (exact) mass is 344 g/mol. The first kappa shape index (κ1) is 18.6. The minimum Gasteiger partial charge on any atom is -0.469 e. The van der Waals surface area contributed by atoms with Crippen molar-refractivity contribution in [3.63, 3.8) is 0 Å². The highest BCUT2D eigenvalue weighted by atomic mass is 19.1. The Balaban J connectivity index is 2.02. The molecule has 132 valence electrons. The van der Waals surface area contributed by atoms with E-state index in [1.165, 1.54) is 31.4 Å². The van der Waals surface area contributed by atoms with E-state index in [0.29, 0.717) is 18.7 Å². The summed E-state index contributed by atoms with van der Waals surface area (Å²) in [7, 11) is 1.35. The molecule has 0 aliphatic carbocycles. The summed E-state index contributed by atoms with van der Waals surface area (Å²) in [6, 6.07) is 14.3. The number of carbonyl (C=O) groups excluding carboxylic acids is 2. The number of carbonyl (C=O) groups is 2. The van der Waals surface area contributed by atoms with Crippen molar-refractivity contribution in [2.45, 2.75) is 18.9 Å². The van der Waals surface area contributed by atoms with Crippen molar-refractivity contribution in [3.8, 4) is 0 Å². The highest BCUT2D eigenvalue weighted by molar-refractivity contribution is 5.95. The maximum Gasteiger partial charge on any atom is 0.305 e. The molecule has 0 spiro atoms. The fourth-order valence-electron chi connectivity index (χ4n) is 2.34. The molecule has 2 aromatic rings. The molecule has 25 heavy (non-hydrogen) atoms. The van der Waals surface area contributed by atoms with Crippen LogP contribution in [0.2, 0.25) is 0 Å². The van der Waals surface area contributed by atoms with Gasteiger partial charge in [-0.1, -0.05) is 30.3 Å². The summed E-state index contributed by atoms with van der Waals surface area (Å²) in [6.07, 6.45) is 0.838. The fraction of sp³-hybridized carbons (Fsp3) is 0.263. The Morgan fingerprint density at radius 1 is 1.08 bits per heavy atom. The molecule has 0 bridgehead atoms. The second kappa shape index (κ2) is 9.54. The Hall–Kier alpha value is -2.73. The van der Waals surface area contributed by atoms with Crippen molar-refractivity contribution in [2.75, 3.05) is 19.0 Å². The average molecular weight is 344 g/mol. The van der Waals surface area contributed by atoms with E-state index < -0.39 is 6.04 Å². The minimum atomic E-state index is -0.580. The van der Waals surface area contributed by atoms with Crippen molar-refractivity contribution < 1.29 is 18.7 Å². The lowest BCUT2D eigenvalue weighted by molar-refractivity contribution is -0.140. The van der Waals surface area contributed by atoms with Gasteiger partial charge in [-0.2, -0.15) is 0 Å². The van der Waals surface area contributed by atoms with Crippen LogP contribution in [0.15, 0.2) is 54.6 Å². The number of ether oxygens (including phenoxy) is 1. The van der Waals surface area contributed by atoms with Gasteiger partial charge in [0.15, 0.2) is 0 Å². The van der Waals surface area contributed by atoms with Gasteiger partial charge in [0.1, 0.15) is 11.9 Å². The quantitative estimate of drug-likeness (QED) is 0.570. The van der Waals surface area contributed by atoms with E-state index in [-0.39, 0.29) is 24.1 Å². The Labute approximate surface area is 146 Å². The summed E-state index contributed by atoms with van der Waals surface area (Å²) in [5.41, 5.74) is 1.32. The number of esters is 1. The number of anilines is 1. The van der Waals surface area contributed by atoms with E-state index in [4.69, 9.17) is 0 Å². The summed E-state index contributed by atoms with van der Waals surface area (Å²) in [4.78, 5) is 23.8. The van der Waals surface area contributed by atoms with Gasteiger partial charge in [0.05, 0.1) is 7.11 Å². The van der Waals surface area contributed by atoms with Gasteiger partial charge >= 0.3 is 5.97 Å². The zero-order chi connectivity index (χ0) is 18.1. The highest BCUT2D eigenvalue weighted by Gasteiger charge is 2.20. The van der Waals surface area contributed by atoms with Crippen LogP contribution in [0.4, 0.5) is 10.1 Å². The van der Waals surface area contributed by atoms with Crippen LogP contribution in [0.5, 0.6) is 0 Å². The van der Waals surface area contributed by atoms with E-state index in [9.17, 15) is 14.0 Å². The number of benzene rings is 2. The van der Waals surface area contributed by atoms with E-state index in [1.807, 2.05) is 30.3 Å². The van der Waals surface area contributed by atoms with Crippen LogP contribution < -0.4 is 10.6 Å². The minimum absolute atomic E-state index is 0.254. The van der Waals surface area contributed by atoms with Crippen LogP contribution in [-0.4, -0.2) is 25.5 Å². The molecule has 1 atom stereocenters. The average Bonchev–Trinajstić information content (AvgIpc) is 2.64. The number of amides is 1. The lowest BCUT2D eigenvalue weighted by atomic mass is 10.1. The molecule has 0 saturated carbocycles. The predicted molar refractivity (Wildman–Crippen MR) is 93.5 cm³/mol. The largest absolute Gasteiger partial charge is 0.469 e. The Bertz CT molecular complexity index is 690. The molecule has 0 fully saturated rings. The lowest BCUT2D eigenvalue weighted by Gasteiger charge is -2.19. The molecule has 0 unspecified atom stereocenters. The third kappa shape index (κ3) is 6.00. The third-order valence-corrected chi connectivity index (χ3v) is 3.64. The molecule has 5 nitrogen and oxygen atoms in total. The van der Waals surface area contributed by atoms with Gasteiger partial charge in [-0.15, -0.1) is 0 Å². The fourth-order valence-corrected chi connectivity index (χ4v) is 2.34.